The number of hydrogen-bond acceptors (Lipinski definition) is 2. The average molecular weight is 280 g/mol. The van der Waals surface area contributed by atoms with E-state index in [1.807, 2.05) is 0 Å². The fourth-order valence-electron chi connectivity index (χ4n) is 3.62. The molecule has 2 heterocycles. The van der Waals surface area contributed by atoms with Crippen LogP contribution >= 0.6 is 0 Å². The van der Waals surface area contributed by atoms with Crippen molar-refractivity contribution in [3.8, 4) is 0 Å². The maximum Gasteiger partial charge on any atom is 0.257 e. The Labute approximate surface area is 117 Å². The number of pyridine rings is 1. The number of amides is 1. The minimum atomic E-state index is -1.20. The van der Waals surface area contributed by atoms with Gasteiger partial charge in [0, 0.05) is 18.8 Å². The molecule has 1 saturated carbocycles. The lowest BCUT2D eigenvalue weighted by Crippen LogP contribution is -2.39. The number of nitrogens with zero attached hydrogens (tertiary/aromatic N) is 2. The van der Waals surface area contributed by atoms with E-state index in [4.69, 9.17) is 0 Å². The van der Waals surface area contributed by atoms with Crippen molar-refractivity contribution in [2.45, 2.75) is 44.6 Å². The number of likely N-dealkylation sites (tertiary alicyclic amines) is 1. The van der Waals surface area contributed by atoms with Crippen molar-refractivity contribution >= 4 is 5.91 Å². The van der Waals surface area contributed by atoms with Crippen LogP contribution in [0.3, 0.4) is 0 Å². The van der Waals surface area contributed by atoms with E-state index in [0.717, 1.165) is 31.9 Å². The lowest BCUT2D eigenvalue weighted by Gasteiger charge is -2.29. The van der Waals surface area contributed by atoms with Gasteiger partial charge in [0.2, 0.25) is 5.95 Å². The highest BCUT2D eigenvalue weighted by Crippen LogP contribution is 2.36. The van der Waals surface area contributed by atoms with E-state index >= 15 is 0 Å². The molecule has 108 valence electrons. The highest BCUT2D eigenvalue weighted by atomic mass is 19.2. The molecule has 0 bridgehead atoms. The van der Waals surface area contributed by atoms with Crippen LogP contribution in [0.4, 0.5) is 8.78 Å². The monoisotopic (exact) mass is 280 g/mol. The van der Waals surface area contributed by atoms with Gasteiger partial charge in [0.15, 0.2) is 5.82 Å². The van der Waals surface area contributed by atoms with E-state index in [-0.39, 0.29) is 11.6 Å². The third-order valence-electron chi connectivity index (χ3n) is 4.58. The van der Waals surface area contributed by atoms with Crippen LogP contribution in [0.5, 0.6) is 0 Å². The fraction of sp³-hybridized carbons (Fsp3) is 0.600. The highest BCUT2D eigenvalue weighted by molar-refractivity contribution is 5.94. The molecule has 0 radical (unpaired) electrons. The van der Waals surface area contributed by atoms with Gasteiger partial charge in [-0.3, -0.25) is 4.79 Å². The first kappa shape index (κ1) is 13.5. The molecule has 3 rings (SSSR count). The predicted octanol–water partition coefficient (Wildman–Crippen LogP) is 3.15. The Balaban J connectivity index is 1.83. The van der Waals surface area contributed by atoms with Crippen LogP contribution in [0.25, 0.3) is 0 Å². The Hall–Kier alpha value is -1.52. The Morgan fingerprint density at radius 3 is 2.70 bits per heavy atom. The maximum atomic E-state index is 13.7. The average Bonchev–Trinajstić information content (AvgIpc) is 3.10. The molecule has 1 amide bonds. The molecule has 3 nitrogen and oxygen atoms in total. The lowest BCUT2D eigenvalue weighted by atomic mass is 9.95. The Morgan fingerprint density at radius 1 is 1.20 bits per heavy atom. The third-order valence-corrected chi connectivity index (χ3v) is 4.58. The third kappa shape index (κ3) is 2.30. The Bertz CT molecular complexity index is 515. The van der Waals surface area contributed by atoms with Gasteiger partial charge in [0.1, 0.15) is 0 Å². The van der Waals surface area contributed by atoms with Crippen molar-refractivity contribution in [1.29, 1.82) is 0 Å². The van der Waals surface area contributed by atoms with Crippen molar-refractivity contribution in [3.05, 3.63) is 29.6 Å². The number of carbonyl (C=O) groups excluding carboxylic acids is 1. The SMILES string of the molecule is O=C(c1ccnc(F)c1F)N1CCCC1C1CCCC1. The molecule has 1 aromatic heterocycles. The summed E-state index contributed by atoms with van der Waals surface area (Å²) >= 11 is 0. The van der Waals surface area contributed by atoms with Crippen molar-refractivity contribution in [2.75, 3.05) is 6.54 Å². The predicted molar refractivity (Wildman–Crippen MR) is 70.2 cm³/mol. The number of aromatic nitrogens is 1. The van der Waals surface area contributed by atoms with Gasteiger partial charge in [-0.25, -0.2) is 9.37 Å². The molecule has 1 atom stereocenters. The molecule has 1 aliphatic carbocycles. The largest absolute Gasteiger partial charge is 0.335 e. The molecule has 1 aromatic rings. The number of carbonyl (C=O) groups is 1. The van der Waals surface area contributed by atoms with Gasteiger partial charge in [-0.05, 0) is 37.7 Å². The van der Waals surface area contributed by atoms with Crippen molar-refractivity contribution in [2.24, 2.45) is 5.92 Å². The van der Waals surface area contributed by atoms with Gasteiger partial charge in [0.05, 0.1) is 5.56 Å². The Kier molecular flexibility index (Phi) is 3.68. The molecule has 0 spiro atoms. The zero-order valence-electron chi connectivity index (χ0n) is 11.3. The van der Waals surface area contributed by atoms with Crippen molar-refractivity contribution in [3.63, 3.8) is 0 Å². The summed E-state index contributed by atoms with van der Waals surface area (Å²) in [6.45, 7) is 0.642. The van der Waals surface area contributed by atoms with Crippen LogP contribution in [0.1, 0.15) is 48.9 Å². The molecular formula is C15H18F2N2O. The van der Waals surface area contributed by atoms with E-state index in [1.54, 1.807) is 4.90 Å². The maximum absolute atomic E-state index is 13.7. The fourth-order valence-corrected chi connectivity index (χ4v) is 3.62. The molecule has 1 aliphatic heterocycles. The molecule has 0 aromatic carbocycles. The van der Waals surface area contributed by atoms with E-state index in [0.29, 0.717) is 12.5 Å². The minimum absolute atomic E-state index is 0.192. The smallest absolute Gasteiger partial charge is 0.257 e. The van der Waals surface area contributed by atoms with Crippen LogP contribution < -0.4 is 0 Å². The molecule has 2 aliphatic rings. The van der Waals surface area contributed by atoms with Crippen LogP contribution in [0, 0.1) is 17.7 Å². The summed E-state index contributed by atoms with van der Waals surface area (Å²) in [6, 6.07) is 1.46. The summed E-state index contributed by atoms with van der Waals surface area (Å²) in [7, 11) is 0. The summed E-state index contributed by atoms with van der Waals surface area (Å²) in [5, 5.41) is 0. The molecule has 1 saturated heterocycles. The van der Waals surface area contributed by atoms with E-state index < -0.39 is 17.7 Å². The van der Waals surface area contributed by atoms with Crippen LogP contribution in [0.2, 0.25) is 0 Å². The molecule has 2 fully saturated rings. The molecule has 5 heteroatoms. The number of rotatable bonds is 2. The molecule has 1 unspecified atom stereocenters. The van der Waals surface area contributed by atoms with Gasteiger partial charge < -0.3 is 4.90 Å². The quantitative estimate of drug-likeness (QED) is 0.780. The minimum Gasteiger partial charge on any atom is -0.335 e. The topological polar surface area (TPSA) is 33.2 Å². The Morgan fingerprint density at radius 2 is 1.95 bits per heavy atom. The summed E-state index contributed by atoms with van der Waals surface area (Å²) in [5.41, 5.74) is -0.192. The summed E-state index contributed by atoms with van der Waals surface area (Å²) < 4.78 is 26.9. The van der Waals surface area contributed by atoms with Gasteiger partial charge in [-0.2, -0.15) is 4.39 Å². The van der Waals surface area contributed by atoms with Crippen LogP contribution in [0.15, 0.2) is 12.3 Å². The van der Waals surface area contributed by atoms with Crippen LogP contribution in [-0.2, 0) is 0 Å². The molecule has 0 N–H and O–H groups in total. The van der Waals surface area contributed by atoms with Crippen molar-refractivity contribution < 1.29 is 13.6 Å². The van der Waals surface area contributed by atoms with Gasteiger partial charge in [0.25, 0.3) is 5.91 Å². The second-order valence-electron chi connectivity index (χ2n) is 5.72. The van der Waals surface area contributed by atoms with E-state index in [1.165, 1.54) is 18.9 Å². The zero-order valence-corrected chi connectivity index (χ0v) is 11.3. The van der Waals surface area contributed by atoms with Crippen molar-refractivity contribution in [1.82, 2.24) is 9.88 Å². The van der Waals surface area contributed by atoms with Gasteiger partial charge in [-0.1, -0.05) is 12.8 Å². The first-order valence-electron chi connectivity index (χ1n) is 7.29. The van der Waals surface area contributed by atoms with E-state index in [2.05, 4.69) is 4.98 Å². The molecule has 20 heavy (non-hydrogen) atoms. The second kappa shape index (κ2) is 5.46. The number of halogens is 2. The normalized spacial score (nSPS) is 23.5. The number of hydrogen-bond donors (Lipinski definition) is 0. The standard InChI is InChI=1S/C15H18F2N2O/c16-13-11(7-8-18-14(13)17)15(20)19-9-3-6-12(19)10-4-1-2-5-10/h7-8,10,12H,1-6,9H2. The van der Waals surface area contributed by atoms with Gasteiger partial charge >= 0.3 is 0 Å². The highest BCUT2D eigenvalue weighted by Gasteiger charge is 2.37. The first-order valence-corrected chi connectivity index (χ1v) is 7.29. The summed E-state index contributed by atoms with van der Waals surface area (Å²) in [4.78, 5) is 17.5. The molecular weight excluding hydrogens is 262 g/mol. The van der Waals surface area contributed by atoms with Gasteiger partial charge in [-0.15, -0.1) is 0 Å². The summed E-state index contributed by atoms with van der Waals surface area (Å²) in [6.07, 6.45) is 7.77. The first-order chi connectivity index (χ1) is 9.68. The van der Waals surface area contributed by atoms with Crippen LogP contribution in [-0.4, -0.2) is 28.4 Å². The van der Waals surface area contributed by atoms with E-state index in [9.17, 15) is 13.6 Å². The summed E-state index contributed by atoms with van der Waals surface area (Å²) in [5.74, 6) is -2.20. The zero-order chi connectivity index (χ0) is 14.1. The lowest BCUT2D eigenvalue weighted by molar-refractivity contribution is 0.0682. The second-order valence-corrected chi connectivity index (χ2v) is 5.72.